The van der Waals surface area contributed by atoms with Crippen LogP contribution in [0.15, 0.2) is 42.5 Å². The van der Waals surface area contributed by atoms with E-state index in [0.29, 0.717) is 31.0 Å². The molecule has 9 heteroatoms. The van der Waals surface area contributed by atoms with Gasteiger partial charge in [0.1, 0.15) is 6.04 Å². The minimum atomic E-state index is -4.33. The average Bonchev–Trinajstić information content (AvgIpc) is 3.48. The van der Waals surface area contributed by atoms with Gasteiger partial charge in [0.2, 0.25) is 11.8 Å². The Labute approximate surface area is 225 Å². The Balaban J connectivity index is 1.18. The summed E-state index contributed by atoms with van der Waals surface area (Å²) in [4.78, 5) is 41.1. The van der Waals surface area contributed by atoms with Gasteiger partial charge in [0.25, 0.3) is 5.91 Å². The van der Waals surface area contributed by atoms with Crippen LogP contribution < -0.4 is 5.32 Å². The molecule has 1 aliphatic carbocycles. The van der Waals surface area contributed by atoms with Crippen molar-refractivity contribution in [1.29, 1.82) is 0 Å². The van der Waals surface area contributed by atoms with Gasteiger partial charge in [-0.15, -0.1) is 0 Å². The summed E-state index contributed by atoms with van der Waals surface area (Å²) in [5, 5.41) is 2.35. The SMILES string of the molecule is O=C1CCC(N2Cc3cc(C4CCN(Cc5ccc(C(F)(F)F)cc5)CC45CCCC5)ccc3C2=O)C(=O)N1. The van der Waals surface area contributed by atoms with Gasteiger partial charge in [-0.1, -0.05) is 37.1 Å². The van der Waals surface area contributed by atoms with Gasteiger partial charge in [-0.25, -0.2) is 0 Å². The highest BCUT2D eigenvalue weighted by atomic mass is 19.4. The number of rotatable bonds is 4. The Kier molecular flexibility index (Phi) is 6.52. The summed E-state index contributed by atoms with van der Waals surface area (Å²) in [6, 6.07) is 11.0. The van der Waals surface area contributed by atoms with Crippen molar-refractivity contribution in [3.63, 3.8) is 0 Å². The standard InChI is InChI=1S/C30H32F3N3O3/c31-30(32,33)22-6-3-19(4-7-22)16-35-14-11-24(29(18-35)12-1-2-13-29)20-5-8-23-21(15-20)17-36(28(23)39)25-9-10-26(37)34-27(25)38/h3-8,15,24-25H,1-2,9-14,16-18H2,(H,34,37,38). The van der Waals surface area contributed by atoms with Gasteiger partial charge in [0.05, 0.1) is 5.56 Å². The van der Waals surface area contributed by atoms with Gasteiger partial charge < -0.3 is 4.90 Å². The summed E-state index contributed by atoms with van der Waals surface area (Å²) in [7, 11) is 0. The molecule has 206 valence electrons. The van der Waals surface area contributed by atoms with Gasteiger partial charge in [0, 0.05) is 31.6 Å². The lowest BCUT2D eigenvalue weighted by Gasteiger charge is -2.47. The maximum absolute atomic E-state index is 13.1. The second kappa shape index (κ2) is 9.77. The number of benzene rings is 2. The first-order chi connectivity index (χ1) is 18.6. The van der Waals surface area contributed by atoms with E-state index in [0.717, 1.165) is 68.5 Å². The maximum atomic E-state index is 13.1. The number of imide groups is 1. The summed E-state index contributed by atoms with van der Waals surface area (Å²) < 4.78 is 38.9. The molecule has 3 aliphatic heterocycles. The number of nitrogens with zero attached hydrogens (tertiary/aromatic N) is 2. The molecule has 3 amide bonds. The number of halogens is 3. The third-order valence-corrected chi connectivity index (χ3v) is 9.25. The molecule has 1 spiro atoms. The fourth-order valence-corrected chi connectivity index (χ4v) is 7.36. The quantitative estimate of drug-likeness (QED) is 0.555. The molecule has 2 saturated heterocycles. The highest BCUT2D eigenvalue weighted by Crippen LogP contribution is 2.53. The topological polar surface area (TPSA) is 69.7 Å². The molecule has 39 heavy (non-hydrogen) atoms. The Morgan fingerprint density at radius 3 is 2.41 bits per heavy atom. The zero-order valence-electron chi connectivity index (χ0n) is 21.7. The number of nitrogens with one attached hydrogen (secondary N) is 1. The van der Waals surface area contributed by atoms with Crippen LogP contribution in [0.3, 0.4) is 0 Å². The van der Waals surface area contributed by atoms with E-state index < -0.39 is 23.7 Å². The third kappa shape index (κ3) is 4.86. The molecule has 2 atom stereocenters. The molecule has 6 nitrogen and oxygen atoms in total. The zero-order valence-corrected chi connectivity index (χ0v) is 21.7. The van der Waals surface area contributed by atoms with Crippen molar-refractivity contribution >= 4 is 17.7 Å². The monoisotopic (exact) mass is 539 g/mol. The number of carbonyl (C=O) groups is 3. The summed E-state index contributed by atoms with van der Waals surface area (Å²) in [5.41, 5.74) is 3.15. The van der Waals surface area contributed by atoms with Crippen molar-refractivity contribution in [2.45, 2.75) is 76.2 Å². The predicted octanol–water partition coefficient (Wildman–Crippen LogP) is 5.02. The number of carbonyl (C=O) groups excluding carboxylic acids is 3. The normalized spacial score (nSPS) is 25.3. The second-order valence-corrected chi connectivity index (χ2v) is 11.6. The summed E-state index contributed by atoms with van der Waals surface area (Å²) in [5.74, 6) is -0.519. The van der Waals surface area contributed by atoms with Crippen molar-refractivity contribution in [1.82, 2.24) is 15.1 Å². The first-order valence-electron chi connectivity index (χ1n) is 13.8. The van der Waals surface area contributed by atoms with Crippen LogP contribution in [0.4, 0.5) is 13.2 Å². The molecular formula is C30H32F3N3O3. The van der Waals surface area contributed by atoms with E-state index >= 15 is 0 Å². The Morgan fingerprint density at radius 1 is 0.974 bits per heavy atom. The van der Waals surface area contributed by atoms with E-state index in [2.05, 4.69) is 22.3 Å². The van der Waals surface area contributed by atoms with Gasteiger partial charge in [-0.2, -0.15) is 13.2 Å². The van der Waals surface area contributed by atoms with E-state index in [-0.39, 0.29) is 23.7 Å². The highest BCUT2D eigenvalue weighted by molar-refractivity contribution is 6.05. The van der Waals surface area contributed by atoms with E-state index in [4.69, 9.17) is 0 Å². The van der Waals surface area contributed by atoms with Gasteiger partial charge >= 0.3 is 6.18 Å². The van der Waals surface area contributed by atoms with Crippen LogP contribution in [0.1, 0.15) is 83.5 Å². The number of amides is 3. The van der Waals surface area contributed by atoms with Gasteiger partial charge in [-0.3, -0.25) is 24.6 Å². The van der Waals surface area contributed by atoms with E-state index in [1.54, 1.807) is 17.0 Å². The van der Waals surface area contributed by atoms with Crippen LogP contribution in [0.5, 0.6) is 0 Å². The lowest BCUT2D eigenvalue weighted by atomic mass is 9.66. The van der Waals surface area contributed by atoms with Crippen LogP contribution in [-0.4, -0.2) is 46.7 Å². The van der Waals surface area contributed by atoms with Crippen LogP contribution in [0.25, 0.3) is 0 Å². The molecule has 0 bridgehead atoms. The van der Waals surface area contributed by atoms with Crippen molar-refractivity contribution < 1.29 is 27.6 Å². The Morgan fingerprint density at radius 2 is 1.72 bits per heavy atom. The molecule has 2 unspecified atom stereocenters. The molecule has 3 fully saturated rings. The minimum Gasteiger partial charge on any atom is -0.322 e. The fourth-order valence-electron chi connectivity index (χ4n) is 7.36. The predicted molar refractivity (Wildman–Crippen MR) is 137 cm³/mol. The van der Waals surface area contributed by atoms with Crippen LogP contribution in [0, 0.1) is 5.41 Å². The first kappa shape index (κ1) is 26.0. The van der Waals surface area contributed by atoms with E-state index in [1.165, 1.54) is 5.56 Å². The smallest absolute Gasteiger partial charge is 0.322 e. The molecule has 2 aromatic carbocycles. The van der Waals surface area contributed by atoms with E-state index in [9.17, 15) is 27.6 Å². The summed E-state index contributed by atoms with van der Waals surface area (Å²) in [6.07, 6.45) is 1.75. The molecule has 1 N–H and O–H groups in total. The third-order valence-electron chi connectivity index (χ3n) is 9.25. The molecule has 1 saturated carbocycles. The maximum Gasteiger partial charge on any atom is 0.416 e. The van der Waals surface area contributed by atoms with Crippen molar-refractivity contribution in [3.05, 3.63) is 70.3 Å². The lowest BCUT2D eigenvalue weighted by molar-refractivity contribution is -0.138. The van der Waals surface area contributed by atoms with Crippen molar-refractivity contribution in [3.8, 4) is 0 Å². The molecule has 6 rings (SSSR count). The van der Waals surface area contributed by atoms with Crippen LogP contribution in [-0.2, 0) is 28.9 Å². The number of hydrogen-bond acceptors (Lipinski definition) is 4. The average molecular weight is 540 g/mol. The molecular weight excluding hydrogens is 507 g/mol. The largest absolute Gasteiger partial charge is 0.416 e. The van der Waals surface area contributed by atoms with Gasteiger partial charge in [0.15, 0.2) is 0 Å². The van der Waals surface area contributed by atoms with Crippen molar-refractivity contribution in [2.75, 3.05) is 13.1 Å². The van der Waals surface area contributed by atoms with Crippen molar-refractivity contribution in [2.24, 2.45) is 5.41 Å². The molecule has 2 aromatic rings. The van der Waals surface area contributed by atoms with Crippen LogP contribution in [0.2, 0.25) is 0 Å². The molecule has 3 heterocycles. The number of alkyl halides is 3. The molecule has 0 aromatic heterocycles. The van der Waals surface area contributed by atoms with Crippen LogP contribution >= 0.6 is 0 Å². The number of hydrogen-bond donors (Lipinski definition) is 1. The second-order valence-electron chi connectivity index (χ2n) is 11.6. The fraction of sp³-hybridized carbons (Fsp3) is 0.500. The minimum absolute atomic E-state index is 0.102. The number of fused-ring (bicyclic) bond motifs is 1. The Bertz CT molecular complexity index is 1300. The summed E-state index contributed by atoms with van der Waals surface area (Å²) >= 11 is 0. The first-order valence-corrected chi connectivity index (χ1v) is 13.8. The highest BCUT2D eigenvalue weighted by Gasteiger charge is 2.46. The van der Waals surface area contributed by atoms with E-state index in [1.807, 2.05) is 6.07 Å². The number of piperidine rings is 2. The summed E-state index contributed by atoms with van der Waals surface area (Å²) in [6.45, 7) is 2.75. The lowest BCUT2D eigenvalue weighted by Crippen LogP contribution is -2.52. The zero-order chi connectivity index (χ0) is 27.4. The molecule has 0 radical (unpaired) electrons. The molecule has 4 aliphatic rings. The number of likely N-dealkylation sites (tertiary alicyclic amines) is 1. The Hall–Kier alpha value is -3.20. The van der Waals surface area contributed by atoms with Gasteiger partial charge in [-0.05, 0) is 78.5 Å².